The summed E-state index contributed by atoms with van der Waals surface area (Å²) in [5, 5.41) is 13.3. The van der Waals surface area contributed by atoms with E-state index in [-0.39, 0.29) is 29.1 Å². The van der Waals surface area contributed by atoms with E-state index in [4.69, 9.17) is 4.52 Å². The highest BCUT2D eigenvalue weighted by Crippen LogP contribution is 2.38. The second-order valence-corrected chi connectivity index (χ2v) is 7.23. The van der Waals surface area contributed by atoms with Crippen molar-refractivity contribution in [3.8, 4) is 28.3 Å². The van der Waals surface area contributed by atoms with Gasteiger partial charge in [0, 0.05) is 29.7 Å². The SMILES string of the molecule is CCc1nc(-c2ccccc2)cc(=O)n1Cc1cc(-c2cc(O)c(F)c(C(F)(F)F)c2)no1. The first kappa shape index (κ1) is 22.3. The summed E-state index contributed by atoms with van der Waals surface area (Å²) in [6, 6.07) is 13.3. The Morgan fingerprint density at radius 2 is 1.76 bits per heavy atom. The molecule has 2 aromatic heterocycles. The van der Waals surface area contributed by atoms with Crippen LogP contribution >= 0.6 is 0 Å². The third-order valence-electron chi connectivity index (χ3n) is 5.00. The Labute approximate surface area is 184 Å². The smallest absolute Gasteiger partial charge is 0.419 e. The normalized spacial score (nSPS) is 11.7. The molecule has 0 spiro atoms. The van der Waals surface area contributed by atoms with Gasteiger partial charge in [0.15, 0.2) is 17.3 Å². The van der Waals surface area contributed by atoms with Crippen LogP contribution in [0.3, 0.4) is 0 Å². The number of nitrogens with zero attached hydrogens (tertiary/aromatic N) is 3. The van der Waals surface area contributed by atoms with E-state index in [1.165, 1.54) is 16.7 Å². The van der Waals surface area contributed by atoms with Crippen molar-refractivity contribution in [3.05, 3.63) is 87.9 Å². The van der Waals surface area contributed by atoms with Gasteiger partial charge in [-0.2, -0.15) is 13.2 Å². The van der Waals surface area contributed by atoms with Gasteiger partial charge in [-0.25, -0.2) is 9.37 Å². The second-order valence-electron chi connectivity index (χ2n) is 7.23. The fourth-order valence-corrected chi connectivity index (χ4v) is 3.39. The summed E-state index contributed by atoms with van der Waals surface area (Å²) in [7, 11) is 0. The molecule has 0 bridgehead atoms. The van der Waals surface area contributed by atoms with Crippen molar-refractivity contribution in [3.63, 3.8) is 0 Å². The molecule has 33 heavy (non-hydrogen) atoms. The van der Waals surface area contributed by atoms with E-state index < -0.39 is 23.3 Å². The van der Waals surface area contributed by atoms with Gasteiger partial charge in [-0.05, 0) is 12.1 Å². The minimum atomic E-state index is -5.00. The summed E-state index contributed by atoms with van der Waals surface area (Å²) < 4.78 is 59.5. The molecule has 0 amide bonds. The van der Waals surface area contributed by atoms with Crippen LogP contribution in [0.15, 0.2) is 63.9 Å². The van der Waals surface area contributed by atoms with Gasteiger partial charge in [-0.15, -0.1) is 0 Å². The Morgan fingerprint density at radius 3 is 2.42 bits per heavy atom. The molecule has 170 valence electrons. The highest BCUT2D eigenvalue weighted by Gasteiger charge is 2.36. The fraction of sp³-hybridized carbons (Fsp3) is 0.174. The van der Waals surface area contributed by atoms with Crippen molar-refractivity contribution in [1.29, 1.82) is 0 Å². The Kier molecular flexibility index (Phi) is 5.75. The van der Waals surface area contributed by atoms with Gasteiger partial charge in [0.25, 0.3) is 5.56 Å². The van der Waals surface area contributed by atoms with E-state index in [0.29, 0.717) is 24.0 Å². The third kappa shape index (κ3) is 4.50. The molecule has 10 heteroatoms. The topological polar surface area (TPSA) is 81.2 Å². The summed E-state index contributed by atoms with van der Waals surface area (Å²) in [6.45, 7) is 1.77. The quantitative estimate of drug-likeness (QED) is 0.423. The monoisotopic (exact) mass is 459 g/mol. The van der Waals surface area contributed by atoms with E-state index in [0.717, 1.165) is 11.6 Å². The van der Waals surface area contributed by atoms with Gasteiger partial charge in [0.05, 0.1) is 17.8 Å². The van der Waals surface area contributed by atoms with Gasteiger partial charge in [0.1, 0.15) is 11.5 Å². The number of aromatic nitrogens is 3. The highest BCUT2D eigenvalue weighted by molar-refractivity contribution is 5.63. The number of benzene rings is 2. The average Bonchev–Trinajstić information content (AvgIpc) is 3.25. The summed E-state index contributed by atoms with van der Waals surface area (Å²) >= 11 is 0. The molecule has 6 nitrogen and oxygen atoms in total. The van der Waals surface area contributed by atoms with Crippen LogP contribution in [0.1, 0.15) is 24.1 Å². The third-order valence-corrected chi connectivity index (χ3v) is 5.00. The number of hydrogen-bond acceptors (Lipinski definition) is 5. The molecule has 0 unspecified atom stereocenters. The summed E-state index contributed by atoms with van der Waals surface area (Å²) in [6.07, 6.45) is -4.56. The zero-order valence-electron chi connectivity index (χ0n) is 17.2. The average molecular weight is 459 g/mol. The standard InChI is InChI=1S/C23H17F4N3O3/c1-2-20-28-17(13-6-4-3-5-7-13)11-21(32)30(20)12-15-10-18(29-33-15)14-8-16(23(25,26)27)22(24)19(31)9-14/h3-11,31H,2,12H2,1H3. The molecular formula is C23H17F4N3O3. The van der Waals surface area contributed by atoms with E-state index >= 15 is 0 Å². The van der Waals surface area contributed by atoms with E-state index in [2.05, 4.69) is 10.1 Å². The van der Waals surface area contributed by atoms with Gasteiger partial charge in [-0.1, -0.05) is 42.4 Å². The van der Waals surface area contributed by atoms with Crippen molar-refractivity contribution < 1.29 is 27.2 Å². The number of aryl methyl sites for hydroxylation is 1. The first-order valence-electron chi connectivity index (χ1n) is 9.89. The van der Waals surface area contributed by atoms with Crippen molar-refractivity contribution in [1.82, 2.24) is 14.7 Å². The highest BCUT2D eigenvalue weighted by atomic mass is 19.4. The predicted octanol–water partition coefficient (Wildman–Crippen LogP) is 5.04. The number of halogens is 4. The molecule has 0 saturated carbocycles. The molecule has 4 rings (SSSR count). The molecule has 4 aromatic rings. The van der Waals surface area contributed by atoms with Crippen LogP contribution < -0.4 is 5.56 Å². The zero-order chi connectivity index (χ0) is 23.8. The molecular weight excluding hydrogens is 442 g/mol. The lowest BCUT2D eigenvalue weighted by Gasteiger charge is -2.11. The summed E-state index contributed by atoms with van der Waals surface area (Å²) in [5.41, 5.74) is -0.879. The van der Waals surface area contributed by atoms with Crippen molar-refractivity contribution >= 4 is 0 Å². The molecule has 0 aliphatic rings. The Morgan fingerprint density at radius 1 is 1.03 bits per heavy atom. The van der Waals surface area contributed by atoms with Gasteiger partial charge in [0.2, 0.25) is 0 Å². The first-order chi connectivity index (χ1) is 15.7. The number of hydrogen-bond donors (Lipinski definition) is 1. The van der Waals surface area contributed by atoms with Crippen LogP contribution in [-0.2, 0) is 19.1 Å². The van der Waals surface area contributed by atoms with Crippen LogP contribution in [0.5, 0.6) is 5.75 Å². The molecule has 2 heterocycles. The summed E-state index contributed by atoms with van der Waals surface area (Å²) in [4.78, 5) is 17.3. The van der Waals surface area contributed by atoms with Gasteiger partial charge in [-0.3, -0.25) is 9.36 Å². The lowest BCUT2D eigenvalue weighted by atomic mass is 10.1. The van der Waals surface area contributed by atoms with Crippen LogP contribution in [0.25, 0.3) is 22.5 Å². The molecule has 0 aliphatic heterocycles. The molecule has 0 saturated heterocycles. The van der Waals surface area contributed by atoms with Crippen molar-refractivity contribution in [2.45, 2.75) is 26.1 Å². The second kappa shape index (κ2) is 8.53. The maximum atomic E-state index is 13.7. The lowest BCUT2D eigenvalue weighted by molar-refractivity contribution is -0.140. The first-order valence-corrected chi connectivity index (χ1v) is 9.89. The zero-order valence-corrected chi connectivity index (χ0v) is 17.2. The van der Waals surface area contributed by atoms with E-state index in [1.54, 1.807) is 0 Å². The van der Waals surface area contributed by atoms with Crippen LogP contribution in [-0.4, -0.2) is 19.8 Å². The number of phenolic OH excluding ortho intramolecular Hbond substituents is 1. The van der Waals surface area contributed by atoms with Gasteiger partial charge < -0.3 is 9.63 Å². The van der Waals surface area contributed by atoms with Crippen LogP contribution in [0, 0.1) is 5.82 Å². The molecule has 1 N–H and O–H groups in total. The van der Waals surface area contributed by atoms with E-state index in [9.17, 15) is 27.5 Å². The van der Waals surface area contributed by atoms with Crippen molar-refractivity contribution in [2.75, 3.05) is 0 Å². The maximum absolute atomic E-state index is 13.7. The van der Waals surface area contributed by atoms with Crippen LogP contribution in [0.4, 0.5) is 17.6 Å². The molecule has 0 aliphatic carbocycles. The molecule has 0 atom stereocenters. The van der Waals surface area contributed by atoms with Gasteiger partial charge >= 0.3 is 6.18 Å². The van der Waals surface area contributed by atoms with E-state index in [1.807, 2.05) is 37.3 Å². The predicted molar refractivity (Wildman–Crippen MR) is 111 cm³/mol. The van der Waals surface area contributed by atoms with Crippen LogP contribution in [0.2, 0.25) is 0 Å². The Bertz CT molecular complexity index is 1360. The molecule has 0 fully saturated rings. The minimum absolute atomic E-state index is 0.0502. The summed E-state index contributed by atoms with van der Waals surface area (Å²) in [5.74, 6) is -2.26. The minimum Gasteiger partial charge on any atom is -0.505 e. The number of alkyl halides is 3. The number of aromatic hydroxyl groups is 1. The largest absolute Gasteiger partial charge is 0.505 e. The lowest BCUT2D eigenvalue weighted by Crippen LogP contribution is -2.25. The molecule has 0 radical (unpaired) electrons. The van der Waals surface area contributed by atoms with Crippen molar-refractivity contribution in [2.24, 2.45) is 0 Å². The number of phenols is 1. The Hall–Kier alpha value is -3.95. The number of rotatable bonds is 5. The molecule has 2 aromatic carbocycles. The maximum Gasteiger partial charge on any atom is 0.419 e. The Balaban J connectivity index is 1.68. The fourth-order valence-electron chi connectivity index (χ4n) is 3.39.